The Balaban J connectivity index is 1.69. The Morgan fingerprint density at radius 3 is 2.62 bits per heavy atom. The first-order chi connectivity index (χ1) is 11.9. The molecule has 0 saturated carbocycles. The maximum absolute atomic E-state index is 4.55. The second kappa shape index (κ2) is 5.06. The summed E-state index contributed by atoms with van der Waals surface area (Å²) in [7, 11) is 0. The molecule has 0 unspecified atom stereocenters. The molecule has 2 aromatic carbocycles. The fourth-order valence-electron chi connectivity index (χ4n) is 3.11. The number of H-pyrrole nitrogens is 2. The van der Waals surface area contributed by atoms with Crippen LogP contribution in [0.3, 0.4) is 0 Å². The fraction of sp³-hybridized carbons (Fsp3) is 0. The summed E-state index contributed by atoms with van der Waals surface area (Å²) < 4.78 is 0. The Kier molecular flexibility index (Phi) is 2.76. The minimum Gasteiger partial charge on any atom is -0.361 e. The number of pyridine rings is 1. The molecule has 0 fully saturated rings. The number of benzene rings is 2. The number of fused-ring (bicyclic) bond motifs is 2. The van der Waals surface area contributed by atoms with Gasteiger partial charge in [-0.15, -0.1) is 0 Å². The molecule has 4 nitrogen and oxygen atoms in total. The quantitative estimate of drug-likeness (QED) is 0.493. The van der Waals surface area contributed by atoms with Crippen molar-refractivity contribution in [2.75, 3.05) is 0 Å². The van der Waals surface area contributed by atoms with Crippen LogP contribution in [0.5, 0.6) is 0 Å². The molecule has 5 aromatic rings. The second-order valence-electron chi connectivity index (χ2n) is 5.84. The van der Waals surface area contributed by atoms with Crippen LogP contribution in [0.15, 0.2) is 73.1 Å². The molecule has 0 bridgehead atoms. The van der Waals surface area contributed by atoms with E-state index in [2.05, 4.69) is 62.6 Å². The van der Waals surface area contributed by atoms with Crippen molar-refractivity contribution in [2.24, 2.45) is 0 Å². The van der Waals surface area contributed by atoms with E-state index in [0.717, 1.165) is 38.9 Å². The van der Waals surface area contributed by atoms with E-state index in [9.17, 15) is 0 Å². The molecular formula is C20H14N4. The van der Waals surface area contributed by atoms with Gasteiger partial charge in [-0.2, -0.15) is 5.10 Å². The van der Waals surface area contributed by atoms with Gasteiger partial charge < -0.3 is 4.98 Å². The molecule has 5 rings (SSSR count). The van der Waals surface area contributed by atoms with Crippen LogP contribution in [0.4, 0.5) is 0 Å². The van der Waals surface area contributed by atoms with E-state index in [4.69, 9.17) is 0 Å². The summed E-state index contributed by atoms with van der Waals surface area (Å²) in [4.78, 5) is 7.77. The average molecular weight is 310 g/mol. The lowest BCUT2D eigenvalue weighted by molar-refractivity contribution is 1.10. The zero-order valence-electron chi connectivity index (χ0n) is 12.8. The van der Waals surface area contributed by atoms with E-state index < -0.39 is 0 Å². The molecule has 24 heavy (non-hydrogen) atoms. The summed E-state index contributed by atoms with van der Waals surface area (Å²) >= 11 is 0. The first-order valence-electron chi connectivity index (χ1n) is 7.85. The summed E-state index contributed by atoms with van der Waals surface area (Å²) in [6, 6.07) is 20.8. The Hall–Kier alpha value is -3.40. The third-order valence-corrected chi connectivity index (χ3v) is 4.35. The lowest BCUT2D eigenvalue weighted by Gasteiger charge is -2.03. The van der Waals surface area contributed by atoms with Crippen LogP contribution in [0.1, 0.15) is 0 Å². The summed E-state index contributed by atoms with van der Waals surface area (Å²) in [6.07, 6.45) is 3.85. The van der Waals surface area contributed by atoms with Crippen molar-refractivity contribution in [1.82, 2.24) is 20.2 Å². The normalized spacial score (nSPS) is 11.3. The Bertz CT molecular complexity index is 1150. The van der Waals surface area contributed by atoms with E-state index >= 15 is 0 Å². The number of aromatic amines is 2. The van der Waals surface area contributed by atoms with Gasteiger partial charge in [-0.05, 0) is 35.2 Å². The van der Waals surface area contributed by atoms with Crippen LogP contribution in [0.2, 0.25) is 0 Å². The molecule has 0 radical (unpaired) electrons. The Labute approximate surface area is 138 Å². The summed E-state index contributed by atoms with van der Waals surface area (Å²) in [5.74, 6) is 0. The van der Waals surface area contributed by atoms with E-state index in [-0.39, 0.29) is 0 Å². The van der Waals surface area contributed by atoms with Gasteiger partial charge in [0.15, 0.2) is 5.65 Å². The Morgan fingerprint density at radius 2 is 1.71 bits per heavy atom. The van der Waals surface area contributed by atoms with Crippen molar-refractivity contribution in [3.8, 4) is 22.4 Å². The monoisotopic (exact) mass is 310 g/mol. The highest BCUT2D eigenvalue weighted by molar-refractivity contribution is 5.94. The average Bonchev–Trinajstić information content (AvgIpc) is 3.28. The lowest BCUT2D eigenvalue weighted by Crippen LogP contribution is -1.83. The van der Waals surface area contributed by atoms with Crippen LogP contribution in [0.25, 0.3) is 44.3 Å². The molecule has 3 heterocycles. The SMILES string of the molecule is c1ccc(-c2n[nH]c3ncc(-c4ccc5[nH]ccc5c4)cc23)cc1. The topological polar surface area (TPSA) is 57.4 Å². The Morgan fingerprint density at radius 1 is 0.792 bits per heavy atom. The maximum Gasteiger partial charge on any atom is 0.155 e. The lowest BCUT2D eigenvalue weighted by atomic mass is 10.0. The molecule has 0 atom stereocenters. The number of hydrogen-bond acceptors (Lipinski definition) is 2. The van der Waals surface area contributed by atoms with Gasteiger partial charge in [-0.1, -0.05) is 36.4 Å². The predicted molar refractivity (Wildman–Crippen MR) is 96.6 cm³/mol. The number of nitrogens with one attached hydrogen (secondary N) is 2. The molecule has 2 N–H and O–H groups in total. The third kappa shape index (κ3) is 2.01. The van der Waals surface area contributed by atoms with Gasteiger partial charge in [-0.25, -0.2) is 4.98 Å². The minimum absolute atomic E-state index is 0.806. The van der Waals surface area contributed by atoms with Gasteiger partial charge in [-0.3, -0.25) is 5.10 Å². The molecule has 0 aliphatic rings. The van der Waals surface area contributed by atoms with Crippen LogP contribution in [0, 0.1) is 0 Å². The molecule has 0 saturated heterocycles. The highest BCUT2D eigenvalue weighted by Gasteiger charge is 2.10. The molecule has 3 aromatic heterocycles. The first kappa shape index (κ1) is 13.1. The number of aromatic nitrogens is 4. The zero-order chi connectivity index (χ0) is 15.9. The summed E-state index contributed by atoms with van der Waals surface area (Å²) in [5, 5.41) is 9.71. The van der Waals surface area contributed by atoms with Gasteiger partial charge in [0.05, 0.1) is 0 Å². The smallest absolute Gasteiger partial charge is 0.155 e. The minimum atomic E-state index is 0.806. The van der Waals surface area contributed by atoms with Gasteiger partial charge >= 0.3 is 0 Å². The van der Waals surface area contributed by atoms with Crippen molar-refractivity contribution in [3.63, 3.8) is 0 Å². The predicted octanol–water partition coefficient (Wildman–Crippen LogP) is 4.77. The fourth-order valence-corrected chi connectivity index (χ4v) is 3.11. The largest absolute Gasteiger partial charge is 0.361 e. The number of rotatable bonds is 2. The molecule has 4 heteroatoms. The van der Waals surface area contributed by atoms with E-state index in [1.807, 2.05) is 30.6 Å². The van der Waals surface area contributed by atoms with E-state index in [1.54, 1.807) is 0 Å². The molecule has 0 amide bonds. The highest BCUT2D eigenvalue weighted by Crippen LogP contribution is 2.30. The summed E-state index contributed by atoms with van der Waals surface area (Å²) in [6.45, 7) is 0. The second-order valence-corrected chi connectivity index (χ2v) is 5.84. The van der Waals surface area contributed by atoms with Crippen LogP contribution >= 0.6 is 0 Å². The van der Waals surface area contributed by atoms with Crippen LogP contribution in [-0.2, 0) is 0 Å². The molecule has 0 aliphatic heterocycles. The van der Waals surface area contributed by atoms with Crippen molar-refractivity contribution in [3.05, 3.63) is 73.1 Å². The van der Waals surface area contributed by atoms with Gasteiger partial charge in [0.2, 0.25) is 0 Å². The van der Waals surface area contributed by atoms with Gasteiger partial charge in [0.25, 0.3) is 0 Å². The van der Waals surface area contributed by atoms with Gasteiger partial charge in [0.1, 0.15) is 5.69 Å². The molecule has 114 valence electrons. The molecule has 0 aliphatic carbocycles. The molecule has 0 spiro atoms. The maximum atomic E-state index is 4.55. The van der Waals surface area contributed by atoms with Crippen molar-refractivity contribution in [2.45, 2.75) is 0 Å². The van der Waals surface area contributed by atoms with Crippen LogP contribution in [-0.4, -0.2) is 20.2 Å². The third-order valence-electron chi connectivity index (χ3n) is 4.35. The number of hydrogen-bond donors (Lipinski definition) is 2. The standard InChI is InChI=1S/C20H14N4/c1-2-4-13(5-3-1)19-17-11-16(12-22-20(17)24-23-19)14-6-7-18-15(10-14)8-9-21-18/h1-12,21H,(H,22,23,24). The summed E-state index contributed by atoms with van der Waals surface area (Å²) in [5.41, 5.74) is 6.20. The zero-order valence-corrected chi connectivity index (χ0v) is 12.8. The van der Waals surface area contributed by atoms with Crippen LogP contribution < -0.4 is 0 Å². The first-order valence-corrected chi connectivity index (χ1v) is 7.85. The van der Waals surface area contributed by atoms with Crippen molar-refractivity contribution < 1.29 is 0 Å². The van der Waals surface area contributed by atoms with E-state index in [0.29, 0.717) is 0 Å². The van der Waals surface area contributed by atoms with Gasteiger partial charge in [0, 0.05) is 34.4 Å². The number of nitrogens with zero attached hydrogens (tertiary/aromatic N) is 2. The van der Waals surface area contributed by atoms with Crippen molar-refractivity contribution >= 4 is 21.9 Å². The van der Waals surface area contributed by atoms with E-state index in [1.165, 1.54) is 5.39 Å². The molecular weight excluding hydrogens is 296 g/mol. The van der Waals surface area contributed by atoms with Crippen molar-refractivity contribution in [1.29, 1.82) is 0 Å². The highest BCUT2D eigenvalue weighted by atomic mass is 15.1.